The highest BCUT2D eigenvalue weighted by Gasteiger charge is 2.20. The molecule has 2 aromatic heterocycles. The Hall–Kier alpha value is -1.81. The lowest BCUT2D eigenvalue weighted by atomic mass is 10.1. The summed E-state index contributed by atoms with van der Waals surface area (Å²) in [7, 11) is 0. The fourth-order valence-corrected chi connectivity index (χ4v) is 3.20. The van der Waals surface area contributed by atoms with Gasteiger partial charge in [0.1, 0.15) is 16.9 Å². The third-order valence-corrected chi connectivity index (χ3v) is 4.26. The van der Waals surface area contributed by atoms with Crippen LogP contribution in [0.3, 0.4) is 0 Å². The van der Waals surface area contributed by atoms with Crippen molar-refractivity contribution in [2.24, 2.45) is 0 Å². The molecular weight excluding hydrogens is 286 g/mol. The van der Waals surface area contributed by atoms with Gasteiger partial charge in [-0.15, -0.1) is 0 Å². The normalized spacial score (nSPS) is 16.0. The summed E-state index contributed by atoms with van der Waals surface area (Å²) in [6.07, 6.45) is 3.70. The Bertz CT molecular complexity index is 821. The van der Waals surface area contributed by atoms with E-state index >= 15 is 0 Å². The average molecular weight is 302 g/mol. The molecule has 1 saturated heterocycles. The quantitative estimate of drug-likeness (QED) is 0.671. The molecule has 4 rings (SSSR count). The summed E-state index contributed by atoms with van der Waals surface area (Å²) in [5.41, 5.74) is 2.45. The molecule has 0 radical (unpaired) electrons. The Morgan fingerprint density at radius 3 is 2.76 bits per heavy atom. The molecule has 0 N–H and O–H groups in total. The number of piperidine rings is 1. The molecule has 0 unspecified atom stereocenters. The molecule has 1 aliphatic rings. The number of rotatable bonds is 1. The minimum Gasteiger partial charge on any atom is -0.450 e. The van der Waals surface area contributed by atoms with Crippen molar-refractivity contribution in [3.63, 3.8) is 0 Å². The molecule has 1 aromatic carbocycles. The number of halogens is 1. The third kappa shape index (κ3) is 2.14. The second-order valence-corrected chi connectivity index (χ2v) is 6.00. The number of fused-ring (bicyclic) bond motifs is 3. The van der Waals surface area contributed by atoms with Crippen LogP contribution in [0.15, 0.2) is 22.6 Å². The van der Waals surface area contributed by atoms with E-state index in [0.717, 1.165) is 46.8 Å². The Kier molecular flexibility index (Phi) is 3.00. The molecule has 3 aromatic rings. The van der Waals surface area contributed by atoms with Crippen LogP contribution in [-0.4, -0.2) is 23.1 Å². The first-order valence-corrected chi connectivity index (χ1v) is 7.71. The maximum absolute atomic E-state index is 6.11. The third-order valence-electron chi connectivity index (χ3n) is 4.02. The topological polar surface area (TPSA) is 42.2 Å². The molecule has 0 atom stereocenters. The zero-order valence-electron chi connectivity index (χ0n) is 11.9. The van der Waals surface area contributed by atoms with Gasteiger partial charge in [-0.05, 0) is 44.4 Å². The van der Waals surface area contributed by atoms with Gasteiger partial charge < -0.3 is 9.32 Å². The van der Waals surface area contributed by atoms with E-state index in [4.69, 9.17) is 16.0 Å². The Morgan fingerprint density at radius 2 is 1.95 bits per heavy atom. The van der Waals surface area contributed by atoms with Crippen molar-refractivity contribution in [2.45, 2.75) is 26.2 Å². The monoisotopic (exact) mass is 301 g/mol. The van der Waals surface area contributed by atoms with Gasteiger partial charge in [-0.3, -0.25) is 0 Å². The lowest BCUT2D eigenvalue weighted by Crippen LogP contribution is -2.30. The highest BCUT2D eigenvalue weighted by molar-refractivity contribution is 6.31. The van der Waals surface area contributed by atoms with Gasteiger partial charge in [-0.25, -0.2) is 9.97 Å². The van der Waals surface area contributed by atoms with Gasteiger partial charge in [0.25, 0.3) is 0 Å². The smallest absolute Gasteiger partial charge is 0.196 e. The highest BCUT2D eigenvalue weighted by atomic mass is 35.5. The fraction of sp³-hybridized carbons (Fsp3) is 0.375. The van der Waals surface area contributed by atoms with Gasteiger partial charge in [0.2, 0.25) is 0 Å². The van der Waals surface area contributed by atoms with Crippen molar-refractivity contribution in [3.8, 4) is 0 Å². The lowest BCUT2D eigenvalue weighted by Gasteiger charge is -2.27. The molecule has 0 spiro atoms. The highest BCUT2D eigenvalue weighted by Crippen LogP contribution is 2.35. The second-order valence-electron chi connectivity index (χ2n) is 5.56. The van der Waals surface area contributed by atoms with E-state index in [2.05, 4.69) is 14.9 Å². The summed E-state index contributed by atoms with van der Waals surface area (Å²) >= 11 is 6.11. The van der Waals surface area contributed by atoms with Crippen LogP contribution >= 0.6 is 11.6 Å². The van der Waals surface area contributed by atoms with Crippen LogP contribution in [0, 0.1) is 6.92 Å². The van der Waals surface area contributed by atoms with Crippen molar-refractivity contribution in [1.29, 1.82) is 0 Å². The van der Waals surface area contributed by atoms with Crippen LogP contribution in [0.2, 0.25) is 5.02 Å². The Labute approximate surface area is 127 Å². The average Bonchev–Trinajstić information content (AvgIpc) is 2.85. The van der Waals surface area contributed by atoms with E-state index in [1.54, 1.807) is 0 Å². The summed E-state index contributed by atoms with van der Waals surface area (Å²) in [6, 6.07) is 5.65. The van der Waals surface area contributed by atoms with Crippen molar-refractivity contribution in [1.82, 2.24) is 9.97 Å². The van der Waals surface area contributed by atoms with Crippen LogP contribution in [0.5, 0.6) is 0 Å². The van der Waals surface area contributed by atoms with Crippen LogP contribution < -0.4 is 4.90 Å². The first-order valence-electron chi connectivity index (χ1n) is 7.34. The maximum atomic E-state index is 6.11. The molecule has 108 valence electrons. The molecule has 0 saturated carbocycles. The van der Waals surface area contributed by atoms with Gasteiger partial charge >= 0.3 is 0 Å². The van der Waals surface area contributed by atoms with Crippen molar-refractivity contribution < 1.29 is 4.42 Å². The van der Waals surface area contributed by atoms with Gasteiger partial charge in [-0.2, -0.15) is 0 Å². The molecule has 0 amide bonds. The zero-order chi connectivity index (χ0) is 14.4. The molecule has 3 heterocycles. The maximum Gasteiger partial charge on any atom is 0.196 e. The zero-order valence-corrected chi connectivity index (χ0v) is 12.7. The van der Waals surface area contributed by atoms with Crippen LogP contribution in [0.4, 0.5) is 5.82 Å². The van der Waals surface area contributed by atoms with Gasteiger partial charge in [0.05, 0.1) is 0 Å². The number of hydrogen-bond donors (Lipinski definition) is 0. The van der Waals surface area contributed by atoms with Gasteiger partial charge in [-0.1, -0.05) is 11.6 Å². The summed E-state index contributed by atoms with van der Waals surface area (Å²) in [6.45, 7) is 3.99. The molecule has 1 aliphatic heterocycles. The number of aryl methyl sites for hydroxylation is 1. The van der Waals surface area contributed by atoms with Crippen LogP contribution in [-0.2, 0) is 0 Å². The number of furan rings is 1. The van der Waals surface area contributed by atoms with Crippen LogP contribution in [0.25, 0.3) is 22.1 Å². The summed E-state index contributed by atoms with van der Waals surface area (Å²) < 4.78 is 6.02. The molecule has 1 fully saturated rings. The standard InChI is InChI=1S/C16H16ClN3O/c1-10-18-14-12-9-11(17)5-6-13(12)21-15(14)16(19-10)20-7-3-2-4-8-20/h5-6,9H,2-4,7-8H2,1H3. The first-order chi connectivity index (χ1) is 10.2. The summed E-state index contributed by atoms with van der Waals surface area (Å²) in [5, 5.41) is 1.65. The van der Waals surface area contributed by atoms with Crippen molar-refractivity contribution in [2.75, 3.05) is 18.0 Å². The predicted molar refractivity (Wildman–Crippen MR) is 85.1 cm³/mol. The number of hydrogen-bond acceptors (Lipinski definition) is 4. The number of anilines is 1. The summed E-state index contributed by atoms with van der Waals surface area (Å²) in [5.74, 6) is 1.69. The van der Waals surface area contributed by atoms with E-state index in [-0.39, 0.29) is 0 Å². The predicted octanol–water partition coefficient (Wildman–Crippen LogP) is 4.33. The van der Waals surface area contributed by atoms with E-state index < -0.39 is 0 Å². The fourth-order valence-electron chi connectivity index (χ4n) is 3.03. The minimum absolute atomic E-state index is 0.695. The van der Waals surface area contributed by atoms with Gasteiger partial charge in [0, 0.05) is 23.5 Å². The molecule has 21 heavy (non-hydrogen) atoms. The Morgan fingerprint density at radius 1 is 1.14 bits per heavy atom. The molecule has 0 aliphatic carbocycles. The molecule has 0 bridgehead atoms. The van der Waals surface area contributed by atoms with E-state index in [1.807, 2.05) is 25.1 Å². The van der Waals surface area contributed by atoms with Crippen molar-refractivity contribution in [3.05, 3.63) is 29.0 Å². The van der Waals surface area contributed by atoms with Crippen molar-refractivity contribution >= 4 is 39.5 Å². The van der Waals surface area contributed by atoms with E-state index in [9.17, 15) is 0 Å². The SMILES string of the molecule is Cc1nc(N2CCCCC2)c2oc3ccc(Cl)cc3c2n1. The van der Waals surface area contributed by atoms with Crippen LogP contribution in [0.1, 0.15) is 25.1 Å². The Balaban J connectivity index is 1.99. The van der Waals surface area contributed by atoms with E-state index in [0.29, 0.717) is 5.02 Å². The number of benzene rings is 1. The molecular formula is C16H16ClN3O. The van der Waals surface area contributed by atoms with Gasteiger partial charge in [0.15, 0.2) is 11.4 Å². The molecule has 4 nitrogen and oxygen atoms in total. The second kappa shape index (κ2) is 4.88. The van der Waals surface area contributed by atoms with E-state index in [1.165, 1.54) is 19.3 Å². The first kappa shape index (κ1) is 12.9. The molecule has 5 heteroatoms. The number of aromatic nitrogens is 2. The summed E-state index contributed by atoms with van der Waals surface area (Å²) in [4.78, 5) is 11.5. The minimum atomic E-state index is 0.695. The lowest BCUT2D eigenvalue weighted by molar-refractivity contribution is 0.568. The largest absolute Gasteiger partial charge is 0.450 e. The number of nitrogens with zero attached hydrogens (tertiary/aromatic N) is 3.